The van der Waals surface area contributed by atoms with Crippen LogP contribution in [-0.2, 0) is 10.0 Å². The van der Waals surface area contributed by atoms with Gasteiger partial charge in [-0.1, -0.05) is 13.0 Å². The quantitative estimate of drug-likeness (QED) is 0.768. The molecule has 2 aromatic carbocycles. The van der Waals surface area contributed by atoms with Gasteiger partial charge in [-0.05, 0) is 43.7 Å². The number of nitrogens with zero attached hydrogens (tertiary/aromatic N) is 3. The second kappa shape index (κ2) is 7.63. The maximum atomic E-state index is 13.0. The Bertz CT molecular complexity index is 1050. The third kappa shape index (κ3) is 3.60. The van der Waals surface area contributed by atoms with Crippen LogP contribution in [0.3, 0.4) is 0 Å². The molecule has 1 aliphatic heterocycles. The second-order valence-corrected chi connectivity index (χ2v) is 8.09. The van der Waals surface area contributed by atoms with Crippen molar-refractivity contribution in [1.29, 1.82) is 0 Å². The number of rotatable bonds is 5. The topological polar surface area (TPSA) is 79.3 Å². The maximum Gasteiger partial charge on any atom is 0.286 e. The van der Waals surface area contributed by atoms with Gasteiger partial charge in [0.25, 0.3) is 15.9 Å². The number of methoxy groups -OCH3 is 1. The minimum atomic E-state index is -3.84. The number of hydrogen-bond donors (Lipinski definition) is 0. The Morgan fingerprint density at radius 2 is 1.96 bits per heavy atom. The molecule has 8 heteroatoms. The van der Waals surface area contributed by atoms with Crippen molar-refractivity contribution in [3.05, 3.63) is 48.0 Å². The number of sulfonamides is 1. The molecule has 0 atom stereocenters. The molecule has 0 saturated carbocycles. The summed E-state index contributed by atoms with van der Waals surface area (Å²) in [4.78, 5) is 16.3. The fourth-order valence-electron chi connectivity index (χ4n) is 3.16. The van der Waals surface area contributed by atoms with Crippen LogP contribution in [0.2, 0.25) is 0 Å². The molecule has 0 fully saturated rings. The number of ether oxygens (including phenoxy) is 1. The Morgan fingerprint density at radius 3 is 2.64 bits per heavy atom. The van der Waals surface area contributed by atoms with Crippen molar-refractivity contribution < 1.29 is 17.9 Å². The predicted octanol–water partition coefficient (Wildman–Crippen LogP) is 3.31. The first-order valence-electron chi connectivity index (χ1n) is 8.93. The Labute approximate surface area is 165 Å². The van der Waals surface area contributed by atoms with Gasteiger partial charge in [0, 0.05) is 30.9 Å². The van der Waals surface area contributed by atoms with Gasteiger partial charge in [-0.15, -0.1) is 4.40 Å². The van der Waals surface area contributed by atoms with Gasteiger partial charge in [0.2, 0.25) is 0 Å². The van der Waals surface area contributed by atoms with Crippen LogP contribution in [0, 0.1) is 0 Å². The average Bonchev–Trinajstić information content (AvgIpc) is 2.69. The smallest absolute Gasteiger partial charge is 0.286 e. The largest absolute Gasteiger partial charge is 0.497 e. The van der Waals surface area contributed by atoms with Crippen LogP contribution >= 0.6 is 0 Å². The van der Waals surface area contributed by atoms with Crippen LogP contribution in [0.5, 0.6) is 5.75 Å². The van der Waals surface area contributed by atoms with E-state index in [2.05, 4.69) is 4.40 Å². The maximum absolute atomic E-state index is 13.0. The van der Waals surface area contributed by atoms with E-state index in [-0.39, 0.29) is 16.4 Å². The zero-order chi connectivity index (χ0) is 20.5. The summed E-state index contributed by atoms with van der Waals surface area (Å²) in [7, 11) is -0.653. The van der Waals surface area contributed by atoms with Crippen LogP contribution in [0.15, 0.2) is 51.8 Å². The summed E-state index contributed by atoms with van der Waals surface area (Å²) < 4.78 is 34.2. The van der Waals surface area contributed by atoms with Crippen LogP contribution in [0.1, 0.15) is 30.6 Å². The number of fused-ring (bicyclic) bond motifs is 1. The number of carbonyl (C=O) groups is 1. The monoisotopic (exact) mass is 401 g/mol. The predicted molar refractivity (Wildman–Crippen MR) is 110 cm³/mol. The second-order valence-electron chi connectivity index (χ2n) is 6.51. The lowest BCUT2D eigenvalue weighted by Crippen LogP contribution is -2.35. The lowest BCUT2D eigenvalue weighted by molar-refractivity contribution is 0.0993. The van der Waals surface area contributed by atoms with Gasteiger partial charge in [0.1, 0.15) is 16.5 Å². The number of amides is 1. The zero-order valence-corrected chi connectivity index (χ0v) is 17.2. The van der Waals surface area contributed by atoms with E-state index in [4.69, 9.17) is 4.74 Å². The Kier molecular flexibility index (Phi) is 5.42. The van der Waals surface area contributed by atoms with Gasteiger partial charge in [0.15, 0.2) is 0 Å². The normalized spacial score (nSPS) is 14.9. The van der Waals surface area contributed by atoms with E-state index in [9.17, 15) is 13.2 Å². The van der Waals surface area contributed by atoms with E-state index in [0.29, 0.717) is 29.5 Å². The molecule has 2 aromatic rings. The summed E-state index contributed by atoms with van der Waals surface area (Å²) in [5, 5.41) is 0. The molecule has 0 bridgehead atoms. The van der Waals surface area contributed by atoms with E-state index < -0.39 is 10.0 Å². The Morgan fingerprint density at radius 1 is 1.21 bits per heavy atom. The van der Waals surface area contributed by atoms with Crippen molar-refractivity contribution in [3.8, 4) is 5.75 Å². The van der Waals surface area contributed by atoms with E-state index in [1.165, 1.54) is 11.0 Å². The van der Waals surface area contributed by atoms with Crippen molar-refractivity contribution in [3.63, 3.8) is 0 Å². The van der Waals surface area contributed by atoms with E-state index in [1.54, 1.807) is 57.5 Å². The van der Waals surface area contributed by atoms with Crippen molar-refractivity contribution in [2.75, 3.05) is 30.5 Å². The van der Waals surface area contributed by atoms with Crippen molar-refractivity contribution >= 4 is 33.1 Å². The lowest BCUT2D eigenvalue weighted by Gasteiger charge is -2.29. The fraction of sp³-hybridized carbons (Fsp3) is 0.300. The molecule has 0 saturated heterocycles. The molecule has 0 N–H and O–H groups in total. The highest BCUT2D eigenvalue weighted by molar-refractivity contribution is 7.90. The average molecular weight is 401 g/mol. The molecule has 7 nitrogen and oxygen atoms in total. The van der Waals surface area contributed by atoms with Crippen LogP contribution in [0.25, 0.3) is 0 Å². The molecule has 3 rings (SSSR count). The zero-order valence-electron chi connectivity index (χ0n) is 16.3. The third-order valence-electron chi connectivity index (χ3n) is 4.61. The molecule has 148 valence electrons. The highest BCUT2D eigenvalue weighted by Crippen LogP contribution is 2.33. The summed E-state index contributed by atoms with van der Waals surface area (Å²) in [5.41, 5.74) is 1.47. The summed E-state index contributed by atoms with van der Waals surface area (Å²) in [6.07, 6.45) is 0.839. The molecule has 28 heavy (non-hydrogen) atoms. The number of benzene rings is 2. The third-order valence-corrected chi connectivity index (χ3v) is 6.00. The van der Waals surface area contributed by atoms with Crippen LogP contribution in [-0.4, -0.2) is 40.9 Å². The molecule has 0 aliphatic carbocycles. The molecule has 1 aliphatic rings. The highest BCUT2D eigenvalue weighted by Gasteiger charge is 2.30. The van der Waals surface area contributed by atoms with E-state index in [0.717, 1.165) is 6.42 Å². The van der Waals surface area contributed by atoms with Gasteiger partial charge in [-0.3, -0.25) is 4.79 Å². The number of anilines is 2. The van der Waals surface area contributed by atoms with Gasteiger partial charge in [-0.25, -0.2) is 0 Å². The minimum Gasteiger partial charge on any atom is -0.497 e. The number of carbonyl (C=O) groups excluding carboxylic acids is 1. The van der Waals surface area contributed by atoms with Gasteiger partial charge >= 0.3 is 0 Å². The van der Waals surface area contributed by atoms with Crippen molar-refractivity contribution in [2.24, 2.45) is 4.40 Å². The summed E-state index contributed by atoms with van der Waals surface area (Å²) >= 11 is 0. The van der Waals surface area contributed by atoms with Crippen LogP contribution < -0.4 is 14.5 Å². The summed E-state index contributed by atoms with van der Waals surface area (Å²) in [6.45, 7) is 4.33. The molecule has 0 spiro atoms. The molecular weight excluding hydrogens is 378 g/mol. The van der Waals surface area contributed by atoms with Crippen molar-refractivity contribution in [2.45, 2.75) is 25.2 Å². The van der Waals surface area contributed by atoms with Gasteiger partial charge < -0.3 is 14.5 Å². The Balaban J connectivity index is 2.00. The highest BCUT2D eigenvalue weighted by atomic mass is 32.2. The van der Waals surface area contributed by atoms with Crippen molar-refractivity contribution in [1.82, 2.24) is 0 Å². The summed E-state index contributed by atoms with van der Waals surface area (Å²) in [5.74, 6) is 0.742. The first kappa shape index (κ1) is 19.9. The molecule has 1 amide bonds. The fourth-order valence-corrected chi connectivity index (χ4v) is 4.42. The molecule has 0 radical (unpaired) electrons. The van der Waals surface area contributed by atoms with Gasteiger partial charge in [-0.2, -0.15) is 8.42 Å². The first-order valence-corrected chi connectivity index (χ1v) is 10.4. The number of hydrogen-bond acceptors (Lipinski definition) is 5. The molecule has 0 aromatic heterocycles. The van der Waals surface area contributed by atoms with Gasteiger partial charge in [0.05, 0.1) is 12.8 Å². The standard InChI is InChI=1S/C20H23N3O4S/c1-5-11-23-14(2)21-28(25,26)19-12-15(9-10-18(19)23)20(24)22(3)16-7-6-8-17(13-16)27-4/h6-10,12-13H,5,11H2,1-4H3. The molecular formula is C20H23N3O4S. The molecule has 0 unspecified atom stereocenters. The minimum absolute atomic E-state index is 0.0523. The first-order chi connectivity index (χ1) is 13.3. The molecule has 1 heterocycles. The summed E-state index contributed by atoms with van der Waals surface area (Å²) in [6, 6.07) is 11.8. The lowest BCUT2D eigenvalue weighted by atomic mass is 10.1. The van der Waals surface area contributed by atoms with E-state index in [1.807, 2.05) is 11.8 Å². The van der Waals surface area contributed by atoms with Crippen LogP contribution in [0.4, 0.5) is 11.4 Å². The Hall–Kier alpha value is -2.87. The SMILES string of the molecule is CCCN1C(C)=NS(=O)(=O)c2cc(C(=O)N(C)c3cccc(OC)c3)ccc21. The van der Waals surface area contributed by atoms with E-state index >= 15 is 0 Å². The number of amidine groups is 1.